The molecular formula is C22H32. The minimum atomic E-state index is 1.21. The van der Waals surface area contributed by atoms with Gasteiger partial charge in [0.15, 0.2) is 0 Å². The van der Waals surface area contributed by atoms with Crippen LogP contribution >= 0.6 is 0 Å². The van der Waals surface area contributed by atoms with Crippen LogP contribution in [0.2, 0.25) is 0 Å². The van der Waals surface area contributed by atoms with Gasteiger partial charge in [0.1, 0.15) is 0 Å². The lowest BCUT2D eigenvalue weighted by Crippen LogP contribution is -1.79. The van der Waals surface area contributed by atoms with Gasteiger partial charge in [-0.05, 0) is 24.8 Å². The van der Waals surface area contributed by atoms with E-state index in [0.717, 1.165) is 0 Å². The summed E-state index contributed by atoms with van der Waals surface area (Å²) in [6.07, 6.45) is 17.7. The topological polar surface area (TPSA) is 0 Å². The third-order valence-electron chi connectivity index (χ3n) is 3.27. The molecule has 0 saturated carbocycles. The minimum Gasteiger partial charge on any atom is -0.0991 e. The van der Waals surface area contributed by atoms with E-state index in [9.17, 15) is 0 Å². The molecule has 1 aromatic carbocycles. The zero-order chi connectivity index (χ0) is 16.5. The second-order valence-corrected chi connectivity index (χ2v) is 5.23. The SMILES string of the molecule is C=CC(=CCCCC)CCCC.C=CC=Cc1ccccc1. The summed E-state index contributed by atoms with van der Waals surface area (Å²) in [7, 11) is 0. The molecule has 0 nitrogen and oxygen atoms in total. The minimum absolute atomic E-state index is 1.21. The van der Waals surface area contributed by atoms with E-state index in [1.807, 2.05) is 36.4 Å². The van der Waals surface area contributed by atoms with Crippen molar-refractivity contribution in [2.75, 3.05) is 0 Å². The predicted molar refractivity (Wildman–Crippen MR) is 103 cm³/mol. The van der Waals surface area contributed by atoms with E-state index in [0.29, 0.717) is 0 Å². The average Bonchev–Trinajstić information content (AvgIpc) is 2.57. The fraction of sp³-hybridized carbons (Fsp3) is 0.364. The van der Waals surface area contributed by atoms with Crippen LogP contribution in [-0.2, 0) is 0 Å². The molecular weight excluding hydrogens is 264 g/mol. The first kappa shape index (κ1) is 20.2. The van der Waals surface area contributed by atoms with E-state index in [1.165, 1.54) is 49.7 Å². The second kappa shape index (κ2) is 15.6. The molecule has 22 heavy (non-hydrogen) atoms. The molecule has 0 amide bonds. The first-order valence-electron chi connectivity index (χ1n) is 8.44. The Hall–Kier alpha value is -1.82. The normalized spacial score (nSPS) is 10.9. The number of unbranched alkanes of at least 4 members (excludes halogenated alkanes) is 3. The summed E-state index contributed by atoms with van der Waals surface area (Å²) in [5.74, 6) is 0. The lowest BCUT2D eigenvalue weighted by Gasteiger charge is -1.99. The maximum atomic E-state index is 3.82. The standard InChI is InChI=1S/C12H22.C10H10/c1-4-7-9-11-12(6-3)10-8-5-2;1-2-3-7-10-8-5-4-6-9-10/h6,11H,3-5,7-10H2,1-2H3;2-9H,1H2. The Morgan fingerprint density at radius 3 is 2.23 bits per heavy atom. The summed E-state index contributed by atoms with van der Waals surface area (Å²) in [6.45, 7) is 11.9. The van der Waals surface area contributed by atoms with Crippen molar-refractivity contribution in [1.82, 2.24) is 0 Å². The van der Waals surface area contributed by atoms with Gasteiger partial charge in [0.25, 0.3) is 0 Å². The van der Waals surface area contributed by atoms with Gasteiger partial charge in [0.05, 0.1) is 0 Å². The van der Waals surface area contributed by atoms with E-state index in [1.54, 1.807) is 6.08 Å². The van der Waals surface area contributed by atoms with Gasteiger partial charge in [-0.3, -0.25) is 0 Å². The monoisotopic (exact) mass is 296 g/mol. The van der Waals surface area contributed by atoms with Crippen LogP contribution in [0, 0.1) is 0 Å². The van der Waals surface area contributed by atoms with Crippen LogP contribution in [0.4, 0.5) is 0 Å². The summed E-state index contributed by atoms with van der Waals surface area (Å²) in [5.41, 5.74) is 2.65. The molecule has 0 bridgehead atoms. The molecule has 0 heteroatoms. The number of rotatable bonds is 9. The highest BCUT2D eigenvalue weighted by molar-refractivity contribution is 5.50. The van der Waals surface area contributed by atoms with E-state index >= 15 is 0 Å². The van der Waals surface area contributed by atoms with Crippen molar-refractivity contribution in [3.8, 4) is 0 Å². The molecule has 0 spiro atoms. The maximum absolute atomic E-state index is 3.82. The Balaban J connectivity index is 0.000000406. The molecule has 0 aliphatic carbocycles. The van der Waals surface area contributed by atoms with Gasteiger partial charge < -0.3 is 0 Å². The highest BCUT2D eigenvalue weighted by atomic mass is 14.0. The molecule has 120 valence electrons. The second-order valence-electron chi connectivity index (χ2n) is 5.23. The summed E-state index contributed by atoms with van der Waals surface area (Å²) >= 11 is 0. The average molecular weight is 296 g/mol. The lowest BCUT2D eigenvalue weighted by molar-refractivity contribution is 0.778. The number of benzene rings is 1. The molecule has 1 aromatic rings. The van der Waals surface area contributed by atoms with Crippen molar-refractivity contribution < 1.29 is 0 Å². The zero-order valence-corrected chi connectivity index (χ0v) is 14.4. The quantitative estimate of drug-likeness (QED) is 0.330. The van der Waals surface area contributed by atoms with Crippen LogP contribution in [0.3, 0.4) is 0 Å². The van der Waals surface area contributed by atoms with Crippen molar-refractivity contribution in [3.63, 3.8) is 0 Å². The highest BCUT2D eigenvalue weighted by Crippen LogP contribution is 2.10. The fourth-order valence-electron chi connectivity index (χ4n) is 1.90. The van der Waals surface area contributed by atoms with E-state index in [4.69, 9.17) is 0 Å². The van der Waals surface area contributed by atoms with Crippen LogP contribution in [0.5, 0.6) is 0 Å². The summed E-state index contributed by atoms with van der Waals surface area (Å²) in [6, 6.07) is 10.1. The van der Waals surface area contributed by atoms with Gasteiger partial charge in [0.2, 0.25) is 0 Å². The van der Waals surface area contributed by atoms with Crippen LogP contribution in [0.25, 0.3) is 6.08 Å². The smallest absolute Gasteiger partial charge is 0.0257 e. The number of hydrogen-bond donors (Lipinski definition) is 0. The van der Waals surface area contributed by atoms with Crippen molar-refractivity contribution >= 4 is 6.08 Å². The summed E-state index contributed by atoms with van der Waals surface area (Å²) < 4.78 is 0. The molecule has 0 atom stereocenters. The molecule has 0 aromatic heterocycles. The van der Waals surface area contributed by atoms with Crippen LogP contribution in [0.15, 0.2) is 73.4 Å². The van der Waals surface area contributed by atoms with Gasteiger partial charge in [-0.2, -0.15) is 0 Å². The van der Waals surface area contributed by atoms with Gasteiger partial charge in [-0.1, -0.05) is 113 Å². The van der Waals surface area contributed by atoms with Gasteiger partial charge in [0, 0.05) is 0 Å². The summed E-state index contributed by atoms with van der Waals surface area (Å²) in [4.78, 5) is 0. The molecule has 0 radical (unpaired) electrons. The maximum Gasteiger partial charge on any atom is -0.0257 e. The fourth-order valence-corrected chi connectivity index (χ4v) is 1.90. The molecule has 0 fully saturated rings. The largest absolute Gasteiger partial charge is 0.0991 e. The zero-order valence-electron chi connectivity index (χ0n) is 14.4. The van der Waals surface area contributed by atoms with Crippen LogP contribution in [-0.4, -0.2) is 0 Å². The van der Waals surface area contributed by atoms with Crippen LogP contribution < -0.4 is 0 Å². The van der Waals surface area contributed by atoms with E-state index in [2.05, 4.69) is 45.2 Å². The van der Waals surface area contributed by atoms with Crippen molar-refractivity contribution in [2.24, 2.45) is 0 Å². The Bertz CT molecular complexity index is 434. The third-order valence-corrected chi connectivity index (χ3v) is 3.27. The molecule has 0 aliphatic heterocycles. The van der Waals surface area contributed by atoms with Crippen molar-refractivity contribution in [2.45, 2.75) is 52.4 Å². The van der Waals surface area contributed by atoms with E-state index in [-0.39, 0.29) is 0 Å². The van der Waals surface area contributed by atoms with Crippen molar-refractivity contribution in [1.29, 1.82) is 0 Å². The van der Waals surface area contributed by atoms with Crippen LogP contribution in [0.1, 0.15) is 57.9 Å². The molecule has 0 N–H and O–H groups in total. The highest BCUT2D eigenvalue weighted by Gasteiger charge is 1.90. The lowest BCUT2D eigenvalue weighted by atomic mass is 10.1. The number of allylic oxidation sites excluding steroid dienone is 5. The first-order valence-corrected chi connectivity index (χ1v) is 8.44. The number of hydrogen-bond acceptors (Lipinski definition) is 0. The van der Waals surface area contributed by atoms with Gasteiger partial charge >= 0.3 is 0 Å². The Kier molecular flexibility index (Phi) is 14.3. The Morgan fingerprint density at radius 2 is 1.68 bits per heavy atom. The Labute approximate surface area is 138 Å². The molecule has 0 unspecified atom stereocenters. The van der Waals surface area contributed by atoms with Crippen molar-refractivity contribution in [3.05, 3.63) is 78.9 Å². The first-order chi connectivity index (χ1) is 10.8. The van der Waals surface area contributed by atoms with E-state index < -0.39 is 0 Å². The Morgan fingerprint density at radius 1 is 1.00 bits per heavy atom. The summed E-state index contributed by atoms with van der Waals surface area (Å²) in [5, 5.41) is 0. The molecule has 0 saturated heterocycles. The molecule has 0 aliphatic rings. The van der Waals surface area contributed by atoms with Gasteiger partial charge in [-0.25, -0.2) is 0 Å². The van der Waals surface area contributed by atoms with Gasteiger partial charge in [-0.15, -0.1) is 0 Å². The molecule has 0 heterocycles. The molecule has 1 rings (SSSR count). The predicted octanol–water partition coefficient (Wildman–Crippen LogP) is 7.37. The third kappa shape index (κ3) is 12.0.